The molecule has 12 heteroatoms. The molecule has 0 aliphatic carbocycles. The van der Waals surface area contributed by atoms with Gasteiger partial charge in [0.2, 0.25) is 0 Å². The molecule has 1 rings (SSSR count). The van der Waals surface area contributed by atoms with E-state index in [0.717, 1.165) is 6.61 Å². The van der Waals surface area contributed by atoms with Crippen LogP contribution in [-0.2, 0) is 25.5 Å². The average molecular weight is 340 g/mol. The summed E-state index contributed by atoms with van der Waals surface area (Å²) in [6.07, 6.45) is -0.475. The molecule has 108 valence electrons. The van der Waals surface area contributed by atoms with Crippen molar-refractivity contribution in [2.24, 2.45) is 0 Å². The van der Waals surface area contributed by atoms with Crippen LogP contribution in [0.3, 0.4) is 0 Å². The number of rotatable bonds is 2. The molecular weight excluding hydrogens is 322 g/mol. The van der Waals surface area contributed by atoms with E-state index in [2.05, 4.69) is 6.92 Å². The summed E-state index contributed by atoms with van der Waals surface area (Å²) in [5.74, 6) is -0.701. The van der Waals surface area contributed by atoms with Crippen molar-refractivity contribution >= 4 is 20.7 Å². The van der Waals surface area contributed by atoms with Gasteiger partial charge in [0.1, 0.15) is 0 Å². The van der Waals surface area contributed by atoms with E-state index in [1.807, 2.05) is 0 Å². The first-order valence-corrected chi connectivity index (χ1v) is 6.62. The van der Waals surface area contributed by atoms with Crippen molar-refractivity contribution in [1.29, 1.82) is 0 Å². The maximum absolute atomic E-state index is 9.73. The molecule has 0 amide bonds. The van der Waals surface area contributed by atoms with Crippen molar-refractivity contribution in [2.75, 3.05) is 12.4 Å². The molecule has 1 aliphatic heterocycles. The van der Waals surface area contributed by atoms with Crippen LogP contribution < -0.4 is 59.1 Å². The Morgan fingerprint density at radius 1 is 1.42 bits per heavy atom. The minimum atomic E-state index is -4.22. The van der Waals surface area contributed by atoms with E-state index in [4.69, 9.17) is 22.5 Å². The van der Waals surface area contributed by atoms with Gasteiger partial charge < -0.3 is 15.8 Å². The second-order valence-corrected chi connectivity index (χ2v) is 4.78. The Balaban J connectivity index is -0.0000000357. The molecule has 0 aromatic heterocycles. The fourth-order valence-electron chi connectivity index (χ4n) is 0.392. The van der Waals surface area contributed by atoms with Crippen molar-refractivity contribution in [3.8, 4) is 0 Å². The molecule has 0 radical (unpaired) electrons. The zero-order valence-corrected chi connectivity index (χ0v) is 16.3. The van der Waals surface area contributed by atoms with Gasteiger partial charge in [-0.1, -0.05) is 7.43 Å². The molecule has 1 fully saturated rings. The Hall–Kier alpha value is 1.45. The normalized spacial score (nSPS) is 16.3. The summed E-state index contributed by atoms with van der Waals surface area (Å²) in [5.41, 5.74) is 0. The summed E-state index contributed by atoms with van der Waals surface area (Å²) >= 11 is 0. The SMILES string of the molecule is C.CC(O)CS(=O)(=O)[O-].CC1CO1.O=S(=O)=O.[H-].[Na+].[Na+]. The molecule has 1 N–H and O–H groups in total. The Morgan fingerprint density at radius 3 is 1.63 bits per heavy atom. The summed E-state index contributed by atoms with van der Waals surface area (Å²) < 4.78 is 59.2. The molecule has 1 aliphatic rings. The van der Waals surface area contributed by atoms with E-state index in [9.17, 15) is 13.0 Å². The third-order valence-electron chi connectivity index (χ3n) is 0.945. The van der Waals surface area contributed by atoms with Crippen LogP contribution in [0.5, 0.6) is 0 Å². The van der Waals surface area contributed by atoms with Gasteiger partial charge in [0.15, 0.2) is 0 Å². The van der Waals surface area contributed by atoms with Crippen LogP contribution in [-0.4, -0.2) is 55.3 Å². The van der Waals surface area contributed by atoms with E-state index in [1.54, 1.807) is 0 Å². The number of aliphatic hydroxyl groups is 1. The van der Waals surface area contributed by atoms with E-state index >= 15 is 0 Å². The van der Waals surface area contributed by atoms with Gasteiger partial charge in [0.25, 0.3) is 0 Å². The third kappa shape index (κ3) is 66.3. The number of aliphatic hydroxyl groups excluding tert-OH is 1. The minimum absolute atomic E-state index is 0. The first-order valence-electron chi connectivity index (χ1n) is 4.04. The predicted molar refractivity (Wildman–Crippen MR) is 59.2 cm³/mol. The van der Waals surface area contributed by atoms with Crippen LogP contribution >= 0.6 is 0 Å². The first kappa shape index (κ1) is 32.4. The molecule has 2 atom stereocenters. The maximum atomic E-state index is 9.73. The summed E-state index contributed by atoms with van der Waals surface area (Å²) in [5, 5.41) is 8.31. The molecule has 1 heterocycles. The van der Waals surface area contributed by atoms with E-state index < -0.39 is 32.6 Å². The van der Waals surface area contributed by atoms with Gasteiger partial charge in [0, 0.05) is 0 Å². The second kappa shape index (κ2) is 17.5. The number of epoxide rings is 1. The van der Waals surface area contributed by atoms with Gasteiger partial charge >= 0.3 is 69.7 Å². The Labute approximate surface area is 161 Å². The molecule has 0 aromatic carbocycles. The third-order valence-corrected chi connectivity index (χ3v) is 1.84. The predicted octanol–water partition coefficient (Wildman–Crippen LogP) is -6.93. The number of hydrogen-bond acceptors (Lipinski definition) is 8. The van der Waals surface area contributed by atoms with Gasteiger partial charge in [-0.2, -0.15) is 0 Å². The molecule has 2 unspecified atom stereocenters. The molecule has 1 saturated heterocycles. The minimum Gasteiger partial charge on any atom is -1.00 e. The maximum Gasteiger partial charge on any atom is 1.00 e. The van der Waals surface area contributed by atoms with Crippen molar-refractivity contribution in [2.45, 2.75) is 33.5 Å². The molecule has 0 bridgehead atoms. The van der Waals surface area contributed by atoms with Gasteiger partial charge in [0.05, 0.1) is 34.7 Å². The van der Waals surface area contributed by atoms with Crippen LogP contribution in [0.1, 0.15) is 22.7 Å². The van der Waals surface area contributed by atoms with Gasteiger partial charge in [-0.05, 0) is 13.8 Å². The van der Waals surface area contributed by atoms with Crippen molar-refractivity contribution in [3.05, 3.63) is 0 Å². The summed E-state index contributed by atoms with van der Waals surface area (Å²) in [7, 11) is -7.33. The summed E-state index contributed by atoms with van der Waals surface area (Å²) in [6, 6.07) is 0. The fraction of sp³-hybridized carbons (Fsp3) is 1.00. The van der Waals surface area contributed by atoms with Crippen LogP contribution in [0.4, 0.5) is 0 Å². The largest absolute Gasteiger partial charge is 1.00 e. The van der Waals surface area contributed by atoms with E-state index in [1.165, 1.54) is 6.92 Å². The van der Waals surface area contributed by atoms with Crippen LogP contribution in [0.2, 0.25) is 0 Å². The van der Waals surface area contributed by atoms with Crippen LogP contribution in [0.25, 0.3) is 0 Å². The standard InChI is InChI=1S/C3H8O4S.C3H6O.CH4.2Na.O3S.H/c1-3(4)2-8(5,6)7;1-3-2-4-3;;;;1-4(2)3;/h3-4H,2H2,1H3,(H,5,6,7);3H,2H2,1H3;1H4;;;;/q;;;2*+1;;-1/p-1. The van der Waals surface area contributed by atoms with Crippen molar-refractivity contribution < 1.29 is 96.0 Å². The smallest absolute Gasteiger partial charge is 1.00 e. The van der Waals surface area contributed by atoms with E-state index in [0.29, 0.717) is 6.10 Å². The molecule has 8 nitrogen and oxygen atoms in total. The monoisotopic (exact) mass is 340 g/mol. The zero-order chi connectivity index (χ0) is 13.4. The Bertz CT molecular complexity index is 371. The molecular formula is C7H18Na2O8S2. The molecule has 0 aromatic rings. The van der Waals surface area contributed by atoms with Gasteiger partial charge in [-0.15, -0.1) is 12.6 Å². The fourth-order valence-corrected chi connectivity index (χ4v) is 0.982. The van der Waals surface area contributed by atoms with Crippen molar-refractivity contribution in [1.82, 2.24) is 0 Å². The molecule has 0 spiro atoms. The number of ether oxygens (including phenoxy) is 1. The summed E-state index contributed by atoms with van der Waals surface area (Å²) in [6.45, 7) is 4.29. The van der Waals surface area contributed by atoms with Crippen LogP contribution in [0, 0.1) is 0 Å². The first-order chi connectivity index (χ1) is 7.04. The van der Waals surface area contributed by atoms with E-state index in [-0.39, 0.29) is 68.0 Å². The topological polar surface area (TPSA) is 141 Å². The quantitative estimate of drug-likeness (QED) is 0.297. The van der Waals surface area contributed by atoms with Gasteiger partial charge in [-0.3, -0.25) is 0 Å². The second-order valence-electron chi connectivity index (χ2n) is 2.92. The Kier molecular flexibility index (Phi) is 29.9. The zero-order valence-electron chi connectivity index (χ0n) is 11.7. The number of hydrogen-bond donors (Lipinski definition) is 1. The Morgan fingerprint density at radius 2 is 1.63 bits per heavy atom. The molecule has 0 saturated carbocycles. The molecule has 19 heavy (non-hydrogen) atoms. The van der Waals surface area contributed by atoms with Gasteiger partial charge in [-0.25, -0.2) is 8.42 Å². The van der Waals surface area contributed by atoms with Crippen LogP contribution in [0.15, 0.2) is 0 Å². The summed E-state index contributed by atoms with van der Waals surface area (Å²) in [4.78, 5) is 0. The average Bonchev–Trinajstić information content (AvgIpc) is 2.64. The van der Waals surface area contributed by atoms with Crippen molar-refractivity contribution in [3.63, 3.8) is 0 Å².